The van der Waals surface area contributed by atoms with E-state index in [0.717, 1.165) is 127 Å². The first-order valence-electron chi connectivity index (χ1n) is 36.3. The van der Waals surface area contributed by atoms with Gasteiger partial charge >= 0.3 is 12.4 Å². The predicted molar refractivity (Wildman–Crippen MR) is 405 cm³/mol. The van der Waals surface area contributed by atoms with Crippen LogP contribution in [0.15, 0.2) is 189 Å². The summed E-state index contributed by atoms with van der Waals surface area (Å²) in [6, 6.07) is 66.0. The second kappa shape index (κ2) is 37.6. The zero-order valence-electron chi connectivity index (χ0n) is 64.7. The summed E-state index contributed by atoms with van der Waals surface area (Å²) < 4.78 is 128. The van der Waals surface area contributed by atoms with Gasteiger partial charge in [0.1, 0.15) is 0 Å². The third-order valence-corrected chi connectivity index (χ3v) is 22.0. The standard InChI is InChI=1S/C18H20NO.C15H10F4N.C15H11F3N.C15H10FN2.C15H12NO2.C14H12NO.6Pt/c1-4-13(2)12-20-18(3)15-9-6-5-8-14(15)17-16(18)10-7-11-19-17;1-14(2)11-6-9(16)3-4-10(11)13-12(14)5-8(7-20-13)15(17,18)19;1-14(2)11-6-4-3-5-10(11)13-12(14)7-9(8-19-13)15(16,17)18;1-15(2)11-4-3-7-18-14(11)9-5-6-12(16)10(8-17)13(9)15;1-2-6-12-11(5-1)14-13(7-3-8-16-14)15(12)17-9-4-10-18-15;1-14(16-2)11-7-4-3-6-10(11)13-12(14)8-5-9-15-13;;;;;;/h5-7,9-11,13H,4,12H2,1-3H3;3,5-7H,1-2H3;3-4,6-8H,1-2H3;3-4,6-7H,1-2H3;1-3,6-8H,4,9-10H2;3-5,7-9H,1-2H3;;;;;;/q6*-1;;;;;;. The van der Waals surface area contributed by atoms with Crippen LogP contribution in [0, 0.1) is 65.3 Å². The van der Waals surface area contributed by atoms with Crippen LogP contribution >= 0.6 is 0 Å². The van der Waals surface area contributed by atoms with Crippen LogP contribution in [0.1, 0.15) is 166 Å². The summed E-state index contributed by atoms with van der Waals surface area (Å²) >= 11 is 0. The van der Waals surface area contributed by atoms with Crippen LogP contribution < -0.4 is 0 Å². The maximum Gasteiger partial charge on any atom is 0.417 e. The van der Waals surface area contributed by atoms with Crippen molar-refractivity contribution in [3.8, 4) is 73.6 Å². The van der Waals surface area contributed by atoms with Crippen molar-refractivity contribution in [2.24, 2.45) is 5.92 Å². The molecule has 1 aliphatic heterocycles. The van der Waals surface area contributed by atoms with Crippen LogP contribution in [0.3, 0.4) is 0 Å². The van der Waals surface area contributed by atoms with Crippen molar-refractivity contribution in [3.05, 3.63) is 320 Å². The fourth-order valence-corrected chi connectivity index (χ4v) is 15.8. The van der Waals surface area contributed by atoms with Crippen LogP contribution in [0.25, 0.3) is 67.5 Å². The van der Waals surface area contributed by atoms with Gasteiger partial charge < -0.3 is 48.9 Å². The molecule has 1 saturated heterocycles. The maximum atomic E-state index is 13.7. The molecule has 624 valence electrons. The zero-order valence-corrected chi connectivity index (χ0v) is 78.3. The molecule has 19 rings (SSSR count). The van der Waals surface area contributed by atoms with Crippen molar-refractivity contribution in [1.82, 2.24) is 29.9 Å². The second-order valence-corrected chi connectivity index (χ2v) is 29.8. The number of benzene rings is 6. The monoisotopic (exact) mass is 2660 g/mol. The van der Waals surface area contributed by atoms with Crippen molar-refractivity contribution < 1.29 is 180 Å². The number of methoxy groups -OCH3 is 1. The third kappa shape index (κ3) is 17.4. The molecule has 11 nitrogen and oxygen atoms in total. The van der Waals surface area contributed by atoms with E-state index in [0.29, 0.717) is 58.3 Å². The first kappa shape index (κ1) is 95.6. The van der Waals surface area contributed by atoms with Crippen molar-refractivity contribution in [2.45, 2.75) is 128 Å². The van der Waals surface area contributed by atoms with Gasteiger partial charge in [-0.3, -0.25) is 8.78 Å². The maximum absolute atomic E-state index is 13.7. The largest absolute Gasteiger partial charge is 0.417 e. The topological polar surface area (TPSA) is 138 Å². The molecular formula is C92H75F8N7O4Pt6-6. The van der Waals surface area contributed by atoms with Gasteiger partial charge in [0.25, 0.3) is 0 Å². The molecule has 7 aliphatic rings. The van der Waals surface area contributed by atoms with Gasteiger partial charge in [-0.05, 0) is 118 Å². The molecule has 0 saturated carbocycles. The molecule has 12 aromatic rings. The molecule has 3 atom stereocenters. The summed E-state index contributed by atoms with van der Waals surface area (Å²) in [5.41, 5.74) is 17.2. The molecule has 25 heteroatoms. The number of ether oxygens (including phenoxy) is 4. The van der Waals surface area contributed by atoms with E-state index in [1.54, 1.807) is 39.4 Å². The van der Waals surface area contributed by atoms with E-state index in [-0.39, 0.29) is 132 Å². The number of aromatic nitrogens is 6. The van der Waals surface area contributed by atoms with Crippen LogP contribution in [0.4, 0.5) is 35.1 Å². The van der Waals surface area contributed by atoms with Crippen molar-refractivity contribution in [1.29, 1.82) is 5.26 Å². The fraction of sp³-hybridized carbons (Fsp3) is 0.272. The quantitative estimate of drug-likeness (QED) is 0.120. The van der Waals surface area contributed by atoms with Gasteiger partial charge in [0.05, 0.1) is 47.4 Å². The molecule has 0 N–H and O–H groups in total. The van der Waals surface area contributed by atoms with Gasteiger partial charge in [-0.15, -0.1) is 172 Å². The van der Waals surface area contributed by atoms with E-state index in [1.165, 1.54) is 29.8 Å². The number of halogens is 8. The molecular weight excluding hydrogens is 2590 g/mol. The Morgan fingerprint density at radius 2 is 0.838 bits per heavy atom. The molecule has 6 aromatic heterocycles. The van der Waals surface area contributed by atoms with Crippen LogP contribution in [-0.4, -0.2) is 56.8 Å². The van der Waals surface area contributed by atoms with E-state index >= 15 is 0 Å². The number of nitrogens with zero attached hydrogens (tertiary/aromatic N) is 7. The Kier molecular flexibility index (Phi) is 30.7. The summed E-state index contributed by atoms with van der Waals surface area (Å²) in [4.78, 5) is 25.7. The molecule has 1 spiro atoms. The van der Waals surface area contributed by atoms with Crippen molar-refractivity contribution in [3.63, 3.8) is 0 Å². The van der Waals surface area contributed by atoms with Gasteiger partial charge in [-0.2, -0.15) is 31.6 Å². The Balaban J connectivity index is 0.000000174. The van der Waals surface area contributed by atoms with E-state index in [1.807, 2.05) is 137 Å². The number of nitriles is 1. The minimum absolute atomic E-state index is 0. The van der Waals surface area contributed by atoms with E-state index < -0.39 is 68.3 Å². The van der Waals surface area contributed by atoms with Gasteiger partial charge in [0.15, 0.2) is 5.79 Å². The summed E-state index contributed by atoms with van der Waals surface area (Å²) in [6.07, 6.45) is 2.10. The molecule has 6 aliphatic carbocycles. The van der Waals surface area contributed by atoms with Gasteiger partial charge in [0, 0.05) is 189 Å². The summed E-state index contributed by atoms with van der Waals surface area (Å²) in [5, 5.41) is 9.17. The predicted octanol–water partition coefficient (Wildman–Crippen LogP) is 21.2. The van der Waals surface area contributed by atoms with Crippen LogP contribution in [0.5, 0.6) is 0 Å². The number of hydrogen-bond acceptors (Lipinski definition) is 11. The number of alkyl halides is 6. The average molecular weight is 2670 g/mol. The second-order valence-electron chi connectivity index (χ2n) is 29.8. The molecule has 0 bridgehead atoms. The molecule has 3 unspecified atom stereocenters. The minimum Gasteiger partial charge on any atom is -0.379 e. The summed E-state index contributed by atoms with van der Waals surface area (Å²) in [7, 11) is 1.74. The number of hydrogen-bond donors (Lipinski definition) is 0. The average Bonchev–Trinajstić information content (AvgIpc) is 1.60. The number of pyridine rings is 6. The Morgan fingerprint density at radius 3 is 1.32 bits per heavy atom. The normalized spacial score (nSPS) is 17.2. The summed E-state index contributed by atoms with van der Waals surface area (Å²) in [5.74, 6) is -1.17. The molecule has 7 heterocycles. The van der Waals surface area contributed by atoms with Gasteiger partial charge in [-0.1, -0.05) is 137 Å². The van der Waals surface area contributed by atoms with Crippen LogP contribution in [0.2, 0.25) is 0 Å². The summed E-state index contributed by atoms with van der Waals surface area (Å²) in [6.45, 7) is 22.1. The Bertz CT molecular complexity index is 5500. The molecule has 0 radical (unpaired) electrons. The smallest absolute Gasteiger partial charge is 0.379 e. The minimum atomic E-state index is -4.44. The number of fused-ring (bicyclic) bond motifs is 20. The Labute approximate surface area is 762 Å². The zero-order chi connectivity index (χ0) is 78.8. The molecule has 6 aromatic carbocycles. The van der Waals surface area contributed by atoms with E-state index in [9.17, 15) is 35.1 Å². The Morgan fingerprint density at radius 1 is 0.453 bits per heavy atom. The van der Waals surface area contributed by atoms with Crippen molar-refractivity contribution in [2.75, 3.05) is 26.9 Å². The van der Waals surface area contributed by atoms with Crippen LogP contribution in [-0.2, 0) is 191 Å². The molecule has 0 amide bonds. The van der Waals surface area contributed by atoms with Crippen molar-refractivity contribution >= 4 is 0 Å². The van der Waals surface area contributed by atoms with E-state index in [4.69, 9.17) is 24.2 Å². The van der Waals surface area contributed by atoms with E-state index in [2.05, 4.69) is 118 Å². The van der Waals surface area contributed by atoms with Gasteiger partial charge in [0.2, 0.25) is 0 Å². The SMILES string of the molecule is CC1(C)c2cc(F)c[c-]c2-c2ncc(C(F)(F)F)cc21.CC1(C)c2ccc[c-]c2-c2ncc(C(F)(F)F)cc21.CC1(C)c2cccnc2-c2[c-]cc(F)c(C#N)c21.CCC(C)COC1(C)c2ccc[c-]c2-c2ncccc21.COC1(C)c2ccc[c-]c2-c2ncccc21.[Pt].[Pt].[Pt].[Pt].[Pt].[Pt].[c-]1cccc2c1-c1ncccc1C21OCCCO1. The third-order valence-electron chi connectivity index (χ3n) is 22.0. The molecule has 117 heavy (non-hydrogen) atoms. The Hall–Kier alpha value is -6.88. The number of rotatable bonds is 5. The van der Waals surface area contributed by atoms with Gasteiger partial charge in [-0.25, -0.2) is 0 Å². The first-order valence-corrected chi connectivity index (χ1v) is 36.3. The fourth-order valence-electron chi connectivity index (χ4n) is 15.8. The first-order chi connectivity index (χ1) is 52.9. The molecule has 1 fully saturated rings.